The predicted octanol–water partition coefficient (Wildman–Crippen LogP) is -0.0754. The van der Waals surface area contributed by atoms with E-state index in [9.17, 15) is 4.79 Å². The van der Waals surface area contributed by atoms with Crippen LogP contribution >= 0.6 is 0 Å². The molecule has 1 amide bonds. The highest BCUT2D eigenvalue weighted by Crippen LogP contribution is 2.15. The summed E-state index contributed by atoms with van der Waals surface area (Å²) in [4.78, 5) is 13.3. The van der Waals surface area contributed by atoms with Crippen LogP contribution in [-0.4, -0.2) is 62.5 Å². The van der Waals surface area contributed by atoms with Gasteiger partial charge in [0.25, 0.3) is 0 Å². The van der Waals surface area contributed by atoms with E-state index in [1.807, 2.05) is 0 Å². The first kappa shape index (κ1) is 13.6. The standard InChI is InChI=1S/C12H23N3O3/c13-4-1-7-17-10-2-5-15(6-3-10)9-11-8-14-12(16)18-11/h10-11H,1-9,13H2,(H,14,16). The maximum Gasteiger partial charge on any atom is 0.407 e. The molecule has 6 heteroatoms. The maximum atomic E-state index is 10.9. The van der Waals surface area contributed by atoms with E-state index in [1.54, 1.807) is 0 Å². The van der Waals surface area contributed by atoms with Crippen molar-refractivity contribution in [3.63, 3.8) is 0 Å². The zero-order valence-corrected chi connectivity index (χ0v) is 10.8. The number of nitrogens with two attached hydrogens (primary N) is 1. The molecule has 2 aliphatic rings. The Bertz CT molecular complexity index is 267. The Hall–Kier alpha value is -0.850. The molecule has 0 aromatic rings. The van der Waals surface area contributed by atoms with Gasteiger partial charge in [-0.3, -0.25) is 4.90 Å². The summed E-state index contributed by atoms with van der Waals surface area (Å²) in [6, 6.07) is 0. The van der Waals surface area contributed by atoms with Gasteiger partial charge in [0.15, 0.2) is 0 Å². The van der Waals surface area contributed by atoms with Crippen LogP contribution in [0, 0.1) is 0 Å². The molecule has 3 N–H and O–H groups in total. The Labute approximate surface area is 108 Å². The minimum Gasteiger partial charge on any atom is -0.443 e. The number of carbonyl (C=O) groups excluding carboxylic acids is 1. The van der Waals surface area contributed by atoms with E-state index in [4.69, 9.17) is 15.2 Å². The molecular weight excluding hydrogens is 234 g/mol. The maximum absolute atomic E-state index is 10.9. The average molecular weight is 257 g/mol. The summed E-state index contributed by atoms with van der Waals surface area (Å²) in [7, 11) is 0. The van der Waals surface area contributed by atoms with Crippen molar-refractivity contribution in [2.24, 2.45) is 5.73 Å². The molecular formula is C12H23N3O3. The molecule has 6 nitrogen and oxygen atoms in total. The number of nitrogens with one attached hydrogen (secondary N) is 1. The third-order valence-corrected chi connectivity index (χ3v) is 3.45. The van der Waals surface area contributed by atoms with Crippen molar-refractivity contribution < 1.29 is 14.3 Å². The first-order valence-electron chi connectivity index (χ1n) is 6.76. The minimum absolute atomic E-state index is 0.00667. The highest BCUT2D eigenvalue weighted by molar-refractivity contribution is 5.69. The highest BCUT2D eigenvalue weighted by Gasteiger charge is 2.27. The Morgan fingerprint density at radius 3 is 2.83 bits per heavy atom. The second kappa shape index (κ2) is 6.92. The first-order valence-corrected chi connectivity index (χ1v) is 6.76. The molecule has 2 fully saturated rings. The zero-order valence-electron chi connectivity index (χ0n) is 10.8. The Balaban J connectivity index is 1.59. The molecule has 0 spiro atoms. The summed E-state index contributed by atoms with van der Waals surface area (Å²) in [5.74, 6) is 0. The van der Waals surface area contributed by atoms with Crippen LogP contribution < -0.4 is 11.1 Å². The fourth-order valence-electron chi connectivity index (χ4n) is 2.41. The van der Waals surface area contributed by atoms with Gasteiger partial charge in [-0.2, -0.15) is 0 Å². The van der Waals surface area contributed by atoms with E-state index >= 15 is 0 Å². The fourth-order valence-corrected chi connectivity index (χ4v) is 2.41. The molecule has 2 rings (SSSR count). The Morgan fingerprint density at radius 2 is 2.22 bits per heavy atom. The van der Waals surface area contributed by atoms with Crippen LogP contribution in [0.25, 0.3) is 0 Å². The number of alkyl carbamates (subject to hydrolysis) is 1. The smallest absolute Gasteiger partial charge is 0.407 e. The summed E-state index contributed by atoms with van der Waals surface area (Å²) in [6.07, 6.45) is 3.13. The van der Waals surface area contributed by atoms with Gasteiger partial charge in [-0.15, -0.1) is 0 Å². The van der Waals surface area contributed by atoms with Gasteiger partial charge in [0.2, 0.25) is 0 Å². The van der Waals surface area contributed by atoms with Gasteiger partial charge in [0.05, 0.1) is 12.6 Å². The Morgan fingerprint density at radius 1 is 1.44 bits per heavy atom. The minimum atomic E-state index is -0.292. The van der Waals surface area contributed by atoms with E-state index in [-0.39, 0.29) is 12.2 Å². The van der Waals surface area contributed by atoms with Crippen molar-refractivity contribution in [1.29, 1.82) is 0 Å². The fraction of sp³-hybridized carbons (Fsp3) is 0.917. The molecule has 104 valence electrons. The number of likely N-dealkylation sites (tertiary alicyclic amines) is 1. The molecule has 18 heavy (non-hydrogen) atoms. The molecule has 1 atom stereocenters. The van der Waals surface area contributed by atoms with E-state index in [0.29, 0.717) is 19.2 Å². The molecule has 1 unspecified atom stereocenters. The van der Waals surface area contributed by atoms with Crippen molar-refractivity contribution in [1.82, 2.24) is 10.2 Å². The van der Waals surface area contributed by atoms with Crippen molar-refractivity contribution in [2.45, 2.75) is 31.5 Å². The third kappa shape index (κ3) is 4.12. The quantitative estimate of drug-likeness (QED) is 0.651. The SMILES string of the molecule is NCCCOC1CCN(CC2CNC(=O)O2)CC1. The van der Waals surface area contributed by atoms with Crippen LogP contribution in [0.1, 0.15) is 19.3 Å². The Kier molecular flexibility index (Phi) is 5.22. The summed E-state index contributed by atoms with van der Waals surface area (Å²) in [6.45, 7) is 4.95. The molecule has 0 radical (unpaired) electrons. The van der Waals surface area contributed by atoms with Gasteiger partial charge in [-0.25, -0.2) is 4.79 Å². The second-order valence-corrected chi connectivity index (χ2v) is 4.92. The first-order chi connectivity index (χ1) is 8.78. The number of ether oxygens (including phenoxy) is 2. The van der Waals surface area contributed by atoms with E-state index in [0.717, 1.165) is 45.5 Å². The van der Waals surface area contributed by atoms with Crippen molar-refractivity contribution in [3.05, 3.63) is 0 Å². The molecule has 0 aromatic heterocycles. The van der Waals surface area contributed by atoms with Crippen LogP contribution in [0.2, 0.25) is 0 Å². The predicted molar refractivity (Wildman–Crippen MR) is 67.4 cm³/mol. The van der Waals surface area contributed by atoms with E-state index in [1.165, 1.54) is 0 Å². The number of hydrogen-bond donors (Lipinski definition) is 2. The summed E-state index contributed by atoms with van der Waals surface area (Å²) < 4.78 is 10.9. The largest absolute Gasteiger partial charge is 0.443 e. The van der Waals surface area contributed by atoms with Crippen LogP contribution in [0.5, 0.6) is 0 Å². The molecule has 2 saturated heterocycles. The average Bonchev–Trinajstić information content (AvgIpc) is 2.77. The number of hydrogen-bond acceptors (Lipinski definition) is 5. The van der Waals surface area contributed by atoms with Gasteiger partial charge in [0.1, 0.15) is 6.10 Å². The van der Waals surface area contributed by atoms with Gasteiger partial charge in [0, 0.05) is 26.2 Å². The van der Waals surface area contributed by atoms with Crippen molar-refractivity contribution in [3.8, 4) is 0 Å². The van der Waals surface area contributed by atoms with Crippen LogP contribution in [0.3, 0.4) is 0 Å². The summed E-state index contributed by atoms with van der Waals surface area (Å²) in [5, 5.41) is 2.68. The van der Waals surface area contributed by atoms with Crippen LogP contribution in [0.15, 0.2) is 0 Å². The number of piperidine rings is 1. The lowest BCUT2D eigenvalue weighted by molar-refractivity contribution is -0.000295. The molecule has 2 aliphatic heterocycles. The number of nitrogens with zero attached hydrogens (tertiary/aromatic N) is 1. The highest BCUT2D eigenvalue weighted by atomic mass is 16.6. The lowest BCUT2D eigenvalue weighted by atomic mass is 10.1. The van der Waals surface area contributed by atoms with Crippen LogP contribution in [-0.2, 0) is 9.47 Å². The number of amides is 1. The van der Waals surface area contributed by atoms with Crippen LogP contribution in [0.4, 0.5) is 4.79 Å². The molecule has 0 aromatic carbocycles. The topological polar surface area (TPSA) is 76.8 Å². The molecule has 2 heterocycles. The normalized spacial score (nSPS) is 26.1. The molecule has 0 bridgehead atoms. The monoisotopic (exact) mass is 257 g/mol. The number of carbonyl (C=O) groups is 1. The number of rotatable bonds is 6. The van der Waals surface area contributed by atoms with Crippen molar-refractivity contribution >= 4 is 6.09 Å². The van der Waals surface area contributed by atoms with Gasteiger partial charge < -0.3 is 20.5 Å². The van der Waals surface area contributed by atoms with Gasteiger partial charge in [-0.05, 0) is 25.8 Å². The lowest BCUT2D eigenvalue weighted by Gasteiger charge is -2.32. The van der Waals surface area contributed by atoms with Gasteiger partial charge in [-0.1, -0.05) is 0 Å². The van der Waals surface area contributed by atoms with Crippen molar-refractivity contribution in [2.75, 3.05) is 39.3 Å². The summed E-state index contributed by atoms with van der Waals surface area (Å²) >= 11 is 0. The second-order valence-electron chi connectivity index (χ2n) is 4.92. The van der Waals surface area contributed by atoms with Gasteiger partial charge >= 0.3 is 6.09 Å². The zero-order chi connectivity index (χ0) is 12.8. The van der Waals surface area contributed by atoms with E-state index < -0.39 is 0 Å². The third-order valence-electron chi connectivity index (χ3n) is 3.45. The molecule has 0 aliphatic carbocycles. The lowest BCUT2D eigenvalue weighted by Crippen LogP contribution is -2.42. The summed E-state index contributed by atoms with van der Waals surface area (Å²) in [5.41, 5.74) is 5.43. The molecule has 0 saturated carbocycles. The number of cyclic esters (lactones) is 1. The van der Waals surface area contributed by atoms with E-state index in [2.05, 4.69) is 10.2 Å².